The fourth-order valence-electron chi connectivity index (χ4n) is 2.68. The molecule has 1 aromatic rings. The van der Waals surface area contributed by atoms with Crippen LogP contribution in [0.4, 0.5) is 9.18 Å². The van der Waals surface area contributed by atoms with E-state index in [0.29, 0.717) is 19.0 Å². The molecule has 2 amide bonds. The number of amides is 2. The van der Waals surface area contributed by atoms with Crippen molar-refractivity contribution in [3.63, 3.8) is 0 Å². The van der Waals surface area contributed by atoms with Crippen molar-refractivity contribution in [2.24, 2.45) is 0 Å². The standard InChI is InChI=1S/C17H25FN2O2/c1-12(2)22-16-8-7-13(11-15(16)18)9-10-19-17(21)20-14-5-3-4-6-14/h7-8,11-12,14H,3-6,9-10H2,1-2H3,(H2,19,20,21). The highest BCUT2D eigenvalue weighted by molar-refractivity contribution is 5.74. The summed E-state index contributed by atoms with van der Waals surface area (Å²) in [6.07, 6.45) is 5.05. The number of hydrogen-bond acceptors (Lipinski definition) is 2. The number of ether oxygens (including phenoxy) is 1. The summed E-state index contributed by atoms with van der Waals surface area (Å²) >= 11 is 0. The van der Waals surface area contributed by atoms with Crippen molar-refractivity contribution in [1.82, 2.24) is 10.6 Å². The van der Waals surface area contributed by atoms with Gasteiger partial charge < -0.3 is 15.4 Å². The van der Waals surface area contributed by atoms with E-state index in [2.05, 4.69) is 10.6 Å². The molecule has 0 bridgehead atoms. The van der Waals surface area contributed by atoms with Crippen LogP contribution in [-0.2, 0) is 6.42 Å². The van der Waals surface area contributed by atoms with E-state index in [1.807, 2.05) is 19.9 Å². The van der Waals surface area contributed by atoms with Gasteiger partial charge in [-0.1, -0.05) is 18.9 Å². The number of carbonyl (C=O) groups is 1. The van der Waals surface area contributed by atoms with Gasteiger partial charge in [-0.2, -0.15) is 0 Å². The zero-order chi connectivity index (χ0) is 15.9. The molecule has 1 saturated carbocycles. The lowest BCUT2D eigenvalue weighted by Gasteiger charge is -2.13. The molecule has 1 fully saturated rings. The molecule has 2 rings (SSSR count). The van der Waals surface area contributed by atoms with E-state index >= 15 is 0 Å². The molecule has 0 aliphatic heterocycles. The highest BCUT2D eigenvalue weighted by Gasteiger charge is 2.16. The van der Waals surface area contributed by atoms with Crippen molar-refractivity contribution in [2.75, 3.05) is 6.54 Å². The van der Waals surface area contributed by atoms with Gasteiger partial charge in [0.05, 0.1) is 6.10 Å². The molecule has 0 radical (unpaired) electrons. The summed E-state index contributed by atoms with van der Waals surface area (Å²) in [5, 5.41) is 5.78. The van der Waals surface area contributed by atoms with Gasteiger partial charge in [0.25, 0.3) is 0 Å². The Kier molecular flexibility index (Phi) is 6.04. The Hall–Kier alpha value is -1.78. The van der Waals surface area contributed by atoms with E-state index in [1.54, 1.807) is 6.07 Å². The lowest BCUT2D eigenvalue weighted by Crippen LogP contribution is -2.41. The second-order valence-electron chi connectivity index (χ2n) is 6.06. The Bertz CT molecular complexity index is 499. The molecular weight excluding hydrogens is 283 g/mol. The van der Waals surface area contributed by atoms with Crippen molar-refractivity contribution in [2.45, 2.75) is 58.1 Å². The molecule has 1 aliphatic carbocycles. The number of nitrogens with one attached hydrogen (secondary N) is 2. The van der Waals surface area contributed by atoms with Gasteiger partial charge in [0, 0.05) is 12.6 Å². The fourth-order valence-corrected chi connectivity index (χ4v) is 2.68. The monoisotopic (exact) mass is 308 g/mol. The molecule has 1 aliphatic rings. The number of rotatable bonds is 6. The predicted molar refractivity (Wildman–Crippen MR) is 84.7 cm³/mol. The van der Waals surface area contributed by atoms with Gasteiger partial charge >= 0.3 is 6.03 Å². The summed E-state index contributed by atoms with van der Waals surface area (Å²) < 4.78 is 19.2. The molecule has 2 N–H and O–H groups in total. The van der Waals surface area contributed by atoms with Gasteiger partial charge in [-0.3, -0.25) is 0 Å². The highest BCUT2D eigenvalue weighted by atomic mass is 19.1. The maximum atomic E-state index is 13.8. The fraction of sp³-hybridized carbons (Fsp3) is 0.588. The predicted octanol–water partition coefficient (Wildman–Crippen LogP) is 3.40. The third-order valence-electron chi connectivity index (χ3n) is 3.75. The minimum Gasteiger partial charge on any atom is -0.488 e. The largest absolute Gasteiger partial charge is 0.488 e. The summed E-state index contributed by atoms with van der Waals surface area (Å²) in [5.74, 6) is -0.0905. The minimum atomic E-state index is -0.360. The van der Waals surface area contributed by atoms with Crippen LogP contribution in [0.5, 0.6) is 5.75 Å². The van der Waals surface area contributed by atoms with E-state index in [0.717, 1.165) is 18.4 Å². The Morgan fingerprint density at radius 3 is 2.73 bits per heavy atom. The van der Waals surface area contributed by atoms with Crippen LogP contribution in [0.2, 0.25) is 0 Å². The number of benzene rings is 1. The average molecular weight is 308 g/mol. The molecule has 0 unspecified atom stereocenters. The first-order valence-corrected chi connectivity index (χ1v) is 8.04. The number of urea groups is 1. The van der Waals surface area contributed by atoms with Crippen LogP contribution in [0.15, 0.2) is 18.2 Å². The summed E-state index contributed by atoms with van der Waals surface area (Å²) in [4.78, 5) is 11.7. The van der Waals surface area contributed by atoms with Crippen molar-refractivity contribution < 1.29 is 13.9 Å². The summed E-state index contributed by atoms with van der Waals surface area (Å²) in [5.41, 5.74) is 0.842. The van der Waals surface area contributed by atoms with Gasteiger partial charge in [0.15, 0.2) is 11.6 Å². The van der Waals surface area contributed by atoms with Gasteiger partial charge in [-0.25, -0.2) is 9.18 Å². The Morgan fingerprint density at radius 1 is 1.36 bits per heavy atom. The smallest absolute Gasteiger partial charge is 0.315 e. The normalized spacial score (nSPS) is 15.1. The van der Waals surface area contributed by atoms with Crippen molar-refractivity contribution >= 4 is 6.03 Å². The van der Waals surface area contributed by atoms with E-state index in [4.69, 9.17) is 4.74 Å². The summed E-state index contributed by atoms with van der Waals surface area (Å²) in [6.45, 7) is 4.21. The Balaban J connectivity index is 1.74. The molecule has 122 valence electrons. The topological polar surface area (TPSA) is 50.4 Å². The first-order chi connectivity index (χ1) is 10.5. The van der Waals surface area contributed by atoms with E-state index in [9.17, 15) is 9.18 Å². The Labute approximate surface area is 131 Å². The third-order valence-corrected chi connectivity index (χ3v) is 3.75. The molecule has 0 atom stereocenters. The minimum absolute atomic E-state index is 0.0544. The maximum Gasteiger partial charge on any atom is 0.315 e. The SMILES string of the molecule is CC(C)Oc1ccc(CCNC(=O)NC2CCCC2)cc1F. The second-order valence-corrected chi connectivity index (χ2v) is 6.06. The van der Waals surface area contributed by atoms with E-state index in [1.165, 1.54) is 18.9 Å². The lowest BCUT2D eigenvalue weighted by molar-refractivity contribution is 0.231. The third kappa shape index (κ3) is 5.20. The van der Waals surface area contributed by atoms with E-state index < -0.39 is 0 Å². The molecule has 0 saturated heterocycles. The average Bonchev–Trinajstić information content (AvgIpc) is 2.94. The van der Waals surface area contributed by atoms with Crippen molar-refractivity contribution in [3.05, 3.63) is 29.6 Å². The van der Waals surface area contributed by atoms with E-state index in [-0.39, 0.29) is 23.7 Å². The highest BCUT2D eigenvalue weighted by Crippen LogP contribution is 2.20. The van der Waals surface area contributed by atoms with Gasteiger partial charge in [0.2, 0.25) is 0 Å². The van der Waals surface area contributed by atoms with Gasteiger partial charge in [0.1, 0.15) is 0 Å². The van der Waals surface area contributed by atoms with Crippen LogP contribution in [0, 0.1) is 5.82 Å². The molecule has 1 aromatic carbocycles. The molecule has 0 spiro atoms. The molecule has 0 heterocycles. The number of halogens is 1. The number of carbonyl (C=O) groups excluding carboxylic acids is 1. The van der Waals surface area contributed by atoms with Crippen LogP contribution in [0.1, 0.15) is 45.1 Å². The number of hydrogen-bond donors (Lipinski definition) is 2. The van der Waals surface area contributed by atoms with Gasteiger partial charge in [-0.15, -0.1) is 0 Å². The zero-order valence-electron chi connectivity index (χ0n) is 13.3. The van der Waals surface area contributed by atoms with Crippen molar-refractivity contribution in [1.29, 1.82) is 0 Å². The lowest BCUT2D eigenvalue weighted by atomic mass is 10.1. The summed E-state index contributed by atoms with van der Waals surface area (Å²) in [7, 11) is 0. The first kappa shape index (κ1) is 16.6. The maximum absolute atomic E-state index is 13.8. The molecule has 0 aromatic heterocycles. The molecule has 22 heavy (non-hydrogen) atoms. The van der Waals surface area contributed by atoms with Crippen molar-refractivity contribution in [3.8, 4) is 5.75 Å². The van der Waals surface area contributed by atoms with Gasteiger partial charge in [-0.05, 0) is 50.8 Å². The Morgan fingerprint density at radius 2 is 2.09 bits per heavy atom. The van der Waals surface area contributed by atoms with Crippen LogP contribution in [0.3, 0.4) is 0 Å². The van der Waals surface area contributed by atoms with Crippen LogP contribution in [0.25, 0.3) is 0 Å². The molecular formula is C17H25FN2O2. The quantitative estimate of drug-likeness (QED) is 0.846. The van der Waals surface area contributed by atoms with Crippen LogP contribution < -0.4 is 15.4 Å². The zero-order valence-corrected chi connectivity index (χ0v) is 13.3. The van der Waals surface area contributed by atoms with Crippen LogP contribution in [-0.4, -0.2) is 24.7 Å². The second kappa shape index (κ2) is 8.01. The summed E-state index contributed by atoms with van der Waals surface area (Å²) in [6, 6.07) is 5.12. The molecule has 5 heteroatoms. The van der Waals surface area contributed by atoms with Crippen LogP contribution >= 0.6 is 0 Å². The molecule has 4 nitrogen and oxygen atoms in total. The first-order valence-electron chi connectivity index (χ1n) is 8.04.